The molecule has 2 amide bonds. The first kappa shape index (κ1) is 25.2. The maximum Gasteiger partial charge on any atom is 0.261 e. The van der Waals surface area contributed by atoms with Crippen molar-refractivity contribution in [2.45, 2.75) is 56.8 Å². The molecule has 188 valence electrons. The molecule has 0 radical (unpaired) electrons. The fourth-order valence-corrected chi connectivity index (χ4v) is 5.94. The van der Waals surface area contributed by atoms with E-state index in [1.807, 2.05) is 17.0 Å². The van der Waals surface area contributed by atoms with Crippen molar-refractivity contribution >= 4 is 27.5 Å². The molecule has 2 saturated heterocycles. The Labute approximate surface area is 208 Å². The minimum atomic E-state index is -3.83. The van der Waals surface area contributed by atoms with Gasteiger partial charge in [-0.15, -0.1) is 0 Å². The Kier molecular flexibility index (Phi) is 8.11. The first-order valence-electron chi connectivity index (χ1n) is 12.7. The zero-order valence-corrected chi connectivity index (χ0v) is 21.2. The standard InChI is InChI=1S/C27H35N3O4S/c1-2-3-7-21-10-12-24(13-11-21)28-35(33,34)25-9-6-8-23(20-25)27(32)30-18-14-22(15-19-30)26(31)29-16-4-5-17-29/h6,8-13,20,22,28H,2-5,7,14-19H2,1H3. The van der Waals surface area contributed by atoms with Gasteiger partial charge in [0, 0.05) is 43.3 Å². The smallest absolute Gasteiger partial charge is 0.261 e. The topological polar surface area (TPSA) is 86.8 Å². The lowest BCUT2D eigenvalue weighted by molar-refractivity contribution is -0.135. The molecule has 4 rings (SSSR count). The first-order valence-corrected chi connectivity index (χ1v) is 14.2. The third-order valence-corrected chi connectivity index (χ3v) is 8.34. The van der Waals surface area contributed by atoms with Gasteiger partial charge in [0.15, 0.2) is 0 Å². The van der Waals surface area contributed by atoms with Crippen LogP contribution >= 0.6 is 0 Å². The van der Waals surface area contributed by atoms with Gasteiger partial charge in [0.2, 0.25) is 5.91 Å². The van der Waals surface area contributed by atoms with Crippen LogP contribution in [0.25, 0.3) is 0 Å². The number of piperidine rings is 1. The summed E-state index contributed by atoms with van der Waals surface area (Å²) in [5.74, 6) is -0.0111. The van der Waals surface area contributed by atoms with Crippen LogP contribution < -0.4 is 4.72 Å². The van der Waals surface area contributed by atoms with Crippen molar-refractivity contribution in [3.8, 4) is 0 Å². The molecule has 1 N–H and O–H groups in total. The molecule has 35 heavy (non-hydrogen) atoms. The van der Waals surface area contributed by atoms with Crippen molar-refractivity contribution in [3.63, 3.8) is 0 Å². The average molecular weight is 498 g/mol. The van der Waals surface area contributed by atoms with Gasteiger partial charge in [0.1, 0.15) is 0 Å². The van der Waals surface area contributed by atoms with Crippen molar-refractivity contribution in [1.29, 1.82) is 0 Å². The van der Waals surface area contributed by atoms with E-state index in [4.69, 9.17) is 0 Å². The van der Waals surface area contributed by atoms with Crippen molar-refractivity contribution in [3.05, 3.63) is 59.7 Å². The number of anilines is 1. The second kappa shape index (κ2) is 11.2. The molecular formula is C27H35N3O4S. The van der Waals surface area contributed by atoms with E-state index in [-0.39, 0.29) is 22.6 Å². The predicted octanol–water partition coefficient (Wildman–Crippen LogP) is 4.30. The van der Waals surface area contributed by atoms with E-state index < -0.39 is 10.0 Å². The summed E-state index contributed by atoms with van der Waals surface area (Å²) in [5, 5.41) is 0. The average Bonchev–Trinajstić information content (AvgIpc) is 3.42. The molecule has 8 heteroatoms. The van der Waals surface area contributed by atoms with E-state index in [1.54, 1.807) is 29.2 Å². The molecule has 2 aromatic carbocycles. The summed E-state index contributed by atoms with van der Waals surface area (Å²) >= 11 is 0. The number of carbonyl (C=O) groups is 2. The van der Waals surface area contributed by atoms with E-state index >= 15 is 0 Å². The first-order chi connectivity index (χ1) is 16.9. The summed E-state index contributed by atoms with van der Waals surface area (Å²) in [5.41, 5.74) is 2.01. The highest BCUT2D eigenvalue weighted by atomic mass is 32.2. The van der Waals surface area contributed by atoms with Gasteiger partial charge in [0.25, 0.3) is 15.9 Å². The van der Waals surface area contributed by atoms with Gasteiger partial charge in [-0.1, -0.05) is 31.5 Å². The molecule has 0 atom stereocenters. The molecule has 0 unspecified atom stereocenters. The third kappa shape index (κ3) is 6.23. The Morgan fingerprint density at radius 2 is 1.63 bits per heavy atom. The number of hydrogen-bond acceptors (Lipinski definition) is 4. The number of nitrogens with one attached hydrogen (secondary N) is 1. The highest BCUT2D eigenvalue weighted by Crippen LogP contribution is 2.24. The van der Waals surface area contributed by atoms with E-state index in [9.17, 15) is 18.0 Å². The number of rotatable bonds is 8. The number of likely N-dealkylation sites (tertiary alicyclic amines) is 2. The molecule has 0 aliphatic carbocycles. The number of carbonyl (C=O) groups excluding carboxylic acids is 2. The normalized spacial score (nSPS) is 16.9. The van der Waals surface area contributed by atoms with Crippen LogP contribution in [0.5, 0.6) is 0 Å². The molecule has 0 spiro atoms. The SMILES string of the molecule is CCCCc1ccc(NS(=O)(=O)c2cccc(C(=O)N3CCC(C(=O)N4CCCC4)CC3)c2)cc1. The summed E-state index contributed by atoms with van der Waals surface area (Å²) < 4.78 is 28.6. The quantitative estimate of drug-likeness (QED) is 0.589. The van der Waals surface area contributed by atoms with E-state index in [0.29, 0.717) is 37.2 Å². The minimum absolute atomic E-state index is 0.0265. The third-order valence-electron chi connectivity index (χ3n) is 6.97. The fourth-order valence-electron chi connectivity index (χ4n) is 4.84. The summed E-state index contributed by atoms with van der Waals surface area (Å²) in [4.78, 5) is 29.5. The number of hydrogen-bond donors (Lipinski definition) is 1. The molecule has 7 nitrogen and oxygen atoms in total. The van der Waals surface area contributed by atoms with Crippen LogP contribution in [0.15, 0.2) is 53.4 Å². The van der Waals surface area contributed by atoms with Crippen LogP contribution in [-0.2, 0) is 21.2 Å². The fraction of sp³-hybridized carbons (Fsp3) is 0.481. The summed E-state index contributed by atoms with van der Waals surface area (Å²) in [6, 6.07) is 13.6. The lowest BCUT2D eigenvalue weighted by Gasteiger charge is -2.33. The van der Waals surface area contributed by atoms with Gasteiger partial charge in [-0.25, -0.2) is 8.42 Å². The largest absolute Gasteiger partial charge is 0.342 e. The number of unbranched alkanes of at least 4 members (excludes halogenated alkanes) is 1. The Morgan fingerprint density at radius 1 is 0.943 bits per heavy atom. The van der Waals surface area contributed by atoms with Gasteiger partial charge in [-0.05, 0) is 74.4 Å². The summed E-state index contributed by atoms with van der Waals surface area (Å²) in [6.07, 6.45) is 6.61. The van der Waals surface area contributed by atoms with E-state index in [1.165, 1.54) is 17.7 Å². The molecule has 0 saturated carbocycles. The van der Waals surface area contributed by atoms with Crippen LogP contribution in [0.2, 0.25) is 0 Å². The Balaban J connectivity index is 1.38. The highest BCUT2D eigenvalue weighted by Gasteiger charge is 2.31. The number of aryl methyl sites for hydroxylation is 1. The maximum atomic E-state index is 13.1. The van der Waals surface area contributed by atoms with Crippen molar-refractivity contribution in [2.75, 3.05) is 30.9 Å². The van der Waals surface area contributed by atoms with E-state index in [2.05, 4.69) is 11.6 Å². The van der Waals surface area contributed by atoms with Crippen molar-refractivity contribution < 1.29 is 18.0 Å². The second-order valence-electron chi connectivity index (χ2n) is 9.53. The van der Waals surface area contributed by atoms with Gasteiger partial charge >= 0.3 is 0 Å². The zero-order chi connectivity index (χ0) is 24.8. The van der Waals surface area contributed by atoms with Crippen LogP contribution in [-0.4, -0.2) is 56.2 Å². The minimum Gasteiger partial charge on any atom is -0.342 e. The maximum absolute atomic E-state index is 13.1. The number of benzene rings is 2. The molecule has 0 aromatic heterocycles. The number of sulfonamides is 1. The summed E-state index contributed by atoms with van der Waals surface area (Å²) in [6.45, 7) is 4.83. The van der Waals surface area contributed by atoms with Gasteiger partial charge in [0.05, 0.1) is 4.90 Å². The second-order valence-corrected chi connectivity index (χ2v) is 11.2. The molecule has 2 fully saturated rings. The van der Waals surface area contributed by atoms with Crippen LogP contribution in [0.3, 0.4) is 0 Å². The monoisotopic (exact) mass is 497 g/mol. The van der Waals surface area contributed by atoms with Gasteiger partial charge in [-0.3, -0.25) is 14.3 Å². The molecule has 2 aromatic rings. The van der Waals surface area contributed by atoms with Crippen LogP contribution in [0.1, 0.15) is 61.4 Å². The van der Waals surface area contributed by atoms with Gasteiger partial charge < -0.3 is 9.80 Å². The Bertz CT molecular complexity index is 1130. The van der Waals surface area contributed by atoms with Crippen LogP contribution in [0, 0.1) is 5.92 Å². The van der Waals surface area contributed by atoms with Crippen LogP contribution in [0.4, 0.5) is 5.69 Å². The number of amides is 2. The lowest BCUT2D eigenvalue weighted by atomic mass is 9.95. The van der Waals surface area contributed by atoms with E-state index in [0.717, 1.165) is 45.2 Å². The lowest BCUT2D eigenvalue weighted by Crippen LogP contribution is -2.43. The molecule has 2 heterocycles. The van der Waals surface area contributed by atoms with Crippen molar-refractivity contribution in [1.82, 2.24) is 9.80 Å². The molecular weight excluding hydrogens is 462 g/mol. The zero-order valence-electron chi connectivity index (χ0n) is 20.4. The van der Waals surface area contributed by atoms with Gasteiger partial charge in [-0.2, -0.15) is 0 Å². The molecule has 0 bridgehead atoms. The predicted molar refractivity (Wildman–Crippen MR) is 137 cm³/mol. The van der Waals surface area contributed by atoms with Crippen molar-refractivity contribution in [2.24, 2.45) is 5.92 Å². The number of nitrogens with zero attached hydrogens (tertiary/aromatic N) is 2. The highest BCUT2D eigenvalue weighted by molar-refractivity contribution is 7.92. The summed E-state index contributed by atoms with van der Waals surface area (Å²) in [7, 11) is -3.83. The Hall–Kier alpha value is -2.87. The Morgan fingerprint density at radius 3 is 2.29 bits per heavy atom. The molecule has 2 aliphatic heterocycles. The molecule has 2 aliphatic rings.